The molecule has 0 aliphatic carbocycles. The molecular weight excluding hydrogens is 615 g/mol. The molecule has 2 heterocycles. The number of hydrogen-bond acceptors (Lipinski definition) is 3. The van der Waals surface area contributed by atoms with Gasteiger partial charge in [-0.15, -0.1) is 11.3 Å². The van der Waals surface area contributed by atoms with E-state index in [-0.39, 0.29) is 0 Å². The number of rotatable bonds is 5. The predicted octanol–water partition coefficient (Wildman–Crippen LogP) is 13.9. The molecule has 0 spiro atoms. The van der Waals surface area contributed by atoms with Crippen LogP contribution in [0.15, 0.2) is 180 Å². The zero-order chi connectivity index (χ0) is 32.3. The van der Waals surface area contributed by atoms with Crippen molar-refractivity contribution < 1.29 is 4.42 Å². The van der Waals surface area contributed by atoms with E-state index >= 15 is 0 Å². The van der Waals surface area contributed by atoms with Crippen molar-refractivity contribution in [3.05, 3.63) is 176 Å². The Kier molecular flexibility index (Phi) is 6.39. The van der Waals surface area contributed by atoms with Crippen LogP contribution in [0.1, 0.15) is 0 Å². The number of thiophene rings is 1. The molecule has 0 saturated heterocycles. The number of nitrogens with zero attached hydrogens (tertiary/aromatic N) is 1. The maximum absolute atomic E-state index is 6.35. The molecule has 0 N–H and O–H groups in total. The van der Waals surface area contributed by atoms with E-state index in [1.54, 1.807) is 0 Å². The maximum Gasteiger partial charge on any atom is 0.137 e. The number of furan rings is 1. The van der Waals surface area contributed by atoms with Crippen LogP contribution in [0.3, 0.4) is 0 Å². The highest BCUT2D eigenvalue weighted by Gasteiger charge is 2.20. The molecule has 0 fully saturated rings. The minimum absolute atomic E-state index is 0.878. The SMILES string of the molecule is c1ccc(-c2ccc(N(c3ccc(-c4c5ccccc5cc5sc6ccccc6c45)cc3)c3cccc4oc5ccccc5c34)cc2)cc1. The van der Waals surface area contributed by atoms with E-state index in [2.05, 4.69) is 169 Å². The van der Waals surface area contributed by atoms with Crippen molar-refractivity contribution in [2.45, 2.75) is 0 Å². The predicted molar refractivity (Wildman–Crippen MR) is 210 cm³/mol. The first-order valence-corrected chi connectivity index (χ1v) is 17.4. The fourth-order valence-electron chi connectivity index (χ4n) is 7.43. The first-order valence-electron chi connectivity index (χ1n) is 16.6. The lowest BCUT2D eigenvalue weighted by Crippen LogP contribution is -2.10. The van der Waals surface area contributed by atoms with Gasteiger partial charge in [0.15, 0.2) is 0 Å². The van der Waals surface area contributed by atoms with Gasteiger partial charge in [0.25, 0.3) is 0 Å². The Morgan fingerprint density at radius 2 is 1.02 bits per heavy atom. The van der Waals surface area contributed by atoms with Gasteiger partial charge >= 0.3 is 0 Å². The van der Waals surface area contributed by atoms with Crippen LogP contribution < -0.4 is 4.90 Å². The molecular formula is C46H29NOS. The van der Waals surface area contributed by atoms with Gasteiger partial charge in [-0.2, -0.15) is 0 Å². The zero-order valence-corrected chi connectivity index (χ0v) is 27.3. The van der Waals surface area contributed by atoms with Gasteiger partial charge in [-0.05, 0) is 87.6 Å². The third-order valence-corrected chi connectivity index (χ3v) is 10.8. The Labute approximate surface area is 287 Å². The standard InChI is InChI=1S/C46H29NOS/c1-2-11-30(12-3-1)31-21-25-34(26-22-31)47(39-17-10-19-41-45(39)37-15-6-8-18-40(37)48-41)35-27-23-32(24-28-35)44-36-14-5-4-13-33(36)29-43-46(44)38-16-7-9-20-42(38)49-43/h1-29H. The molecule has 0 radical (unpaired) electrons. The van der Waals surface area contributed by atoms with Gasteiger partial charge in [0.1, 0.15) is 11.2 Å². The van der Waals surface area contributed by atoms with Crippen LogP contribution in [0.2, 0.25) is 0 Å². The third kappa shape index (κ3) is 4.55. The lowest BCUT2D eigenvalue weighted by molar-refractivity contribution is 0.669. The molecule has 0 saturated carbocycles. The van der Waals surface area contributed by atoms with E-state index in [4.69, 9.17) is 4.42 Å². The molecule has 0 aliphatic heterocycles. The van der Waals surface area contributed by atoms with E-state index in [0.29, 0.717) is 0 Å². The van der Waals surface area contributed by atoms with E-state index in [1.165, 1.54) is 53.2 Å². The van der Waals surface area contributed by atoms with Crippen LogP contribution in [0.4, 0.5) is 17.1 Å². The van der Waals surface area contributed by atoms with Crippen LogP contribution in [-0.2, 0) is 0 Å². The first kappa shape index (κ1) is 27.9. The summed E-state index contributed by atoms with van der Waals surface area (Å²) in [6, 6.07) is 63.1. The van der Waals surface area contributed by atoms with Gasteiger partial charge in [0.05, 0.1) is 11.1 Å². The van der Waals surface area contributed by atoms with Crippen LogP contribution >= 0.6 is 11.3 Å². The number of benzene rings is 8. The van der Waals surface area contributed by atoms with E-state index in [1.807, 2.05) is 23.5 Å². The van der Waals surface area contributed by atoms with Crippen molar-refractivity contribution in [1.29, 1.82) is 0 Å². The lowest BCUT2D eigenvalue weighted by atomic mass is 9.93. The van der Waals surface area contributed by atoms with Gasteiger partial charge in [-0.1, -0.05) is 121 Å². The molecule has 0 unspecified atom stereocenters. The summed E-state index contributed by atoms with van der Waals surface area (Å²) in [7, 11) is 0. The molecule has 2 nitrogen and oxygen atoms in total. The van der Waals surface area contributed by atoms with Crippen LogP contribution in [-0.4, -0.2) is 0 Å². The van der Waals surface area contributed by atoms with Gasteiger partial charge in [0, 0.05) is 36.9 Å². The van der Waals surface area contributed by atoms with Gasteiger partial charge in [-0.25, -0.2) is 0 Å². The summed E-state index contributed by atoms with van der Waals surface area (Å²) in [5, 5.41) is 7.39. The zero-order valence-electron chi connectivity index (χ0n) is 26.5. The Bertz CT molecular complexity index is 2810. The summed E-state index contributed by atoms with van der Waals surface area (Å²) in [5.41, 5.74) is 9.91. The number of hydrogen-bond donors (Lipinski definition) is 0. The molecule has 10 rings (SSSR count). The summed E-state index contributed by atoms with van der Waals surface area (Å²) >= 11 is 1.87. The largest absolute Gasteiger partial charge is 0.456 e. The van der Waals surface area contributed by atoms with Crippen molar-refractivity contribution in [3.8, 4) is 22.3 Å². The van der Waals surface area contributed by atoms with Gasteiger partial charge in [-0.3, -0.25) is 0 Å². The molecule has 10 aromatic rings. The topological polar surface area (TPSA) is 16.4 Å². The smallest absolute Gasteiger partial charge is 0.137 e. The molecule has 49 heavy (non-hydrogen) atoms. The molecule has 0 atom stereocenters. The first-order chi connectivity index (χ1) is 24.3. The van der Waals surface area contributed by atoms with Crippen LogP contribution in [0.25, 0.3) is 75.1 Å². The Hall–Kier alpha value is -6.16. The lowest BCUT2D eigenvalue weighted by Gasteiger charge is -2.27. The van der Waals surface area contributed by atoms with Crippen molar-refractivity contribution in [2.75, 3.05) is 4.90 Å². The number of anilines is 3. The average Bonchev–Trinajstić information content (AvgIpc) is 3.74. The third-order valence-electron chi connectivity index (χ3n) is 9.66. The summed E-state index contributed by atoms with van der Waals surface area (Å²) in [4.78, 5) is 2.36. The van der Waals surface area contributed by atoms with Crippen molar-refractivity contribution in [1.82, 2.24) is 0 Å². The fourth-order valence-corrected chi connectivity index (χ4v) is 8.59. The molecule has 230 valence electrons. The molecule has 0 bridgehead atoms. The minimum Gasteiger partial charge on any atom is -0.456 e. The summed E-state index contributed by atoms with van der Waals surface area (Å²) in [6.07, 6.45) is 0. The van der Waals surface area contributed by atoms with Crippen molar-refractivity contribution in [3.63, 3.8) is 0 Å². The van der Waals surface area contributed by atoms with E-state index in [0.717, 1.165) is 39.0 Å². The quantitative estimate of drug-likeness (QED) is 0.186. The second kappa shape index (κ2) is 11.2. The molecule has 8 aromatic carbocycles. The summed E-state index contributed by atoms with van der Waals surface area (Å²) in [5.74, 6) is 0. The summed E-state index contributed by atoms with van der Waals surface area (Å²) in [6.45, 7) is 0. The molecule has 3 heteroatoms. The van der Waals surface area contributed by atoms with Gasteiger partial charge in [0.2, 0.25) is 0 Å². The van der Waals surface area contributed by atoms with E-state index in [9.17, 15) is 0 Å². The average molecular weight is 644 g/mol. The monoisotopic (exact) mass is 643 g/mol. The highest BCUT2D eigenvalue weighted by molar-refractivity contribution is 7.26. The Balaban J connectivity index is 1.18. The van der Waals surface area contributed by atoms with Crippen molar-refractivity contribution >= 4 is 81.3 Å². The second-order valence-corrected chi connectivity index (χ2v) is 13.6. The second-order valence-electron chi connectivity index (χ2n) is 12.5. The van der Waals surface area contributed by atoms with Crippen molar-refractivity contribution in [2.24, 2.45) is 0 Å². The normalized spacial score (nSPS) is 11.7. The molecule has 0 aliphatic rings. The highest BCUT2D eigenvalue weighted by atomic mass is 32.1. The summed E-state index contributed by atoms with van der Waals surface area (Å²) < 4.78 is 8.99. The fraction of sp³-hybridized carbons (Fsp3) is 0. The van der Waals surface area contributed by atoms with Crippen LogP contribution in [0, 0.1) is 0 Å². The Morgan fingerprint density at radius 3 is 1.82 bits per heavy atom. The minimum atomic E-state index is 0.878. The number of fused-ring (bicyclic) bond motifs is 7. The highest BCUT2D eigenvalue weighted by Crippen LogP contribution is 2.46. The van der Waals surface area contributed by atoms with Gasteiger partial charge < -0.3 is 9.32 Å². The maximum atomic E-state index is 6.35. The Morgan fingerprint density at radius 1 is 0.408 bits per heavy atom. The van der Waals surface area contributed by atoms with E-state index < -0.39 is 0 Å². The molecule has 2 aromatic heterocycles. The molecule has 0 amide bonds. The van der Waals surface area contributed by atoms with Crippen LogP contribution in [0.5, 0.6) is 0 Å². The number of para-hydroxylation sites is 1.